The van der Waals surface area contributed by atoms with Gasteiger partial charge in [-0.15, -0.1) is 11.6 Å². The quantitative estimate of drug-likeness (QED) is 0.686. The normalized spacial score (nSPS) is 11.2. The number of thiophene rings is 1. The molecule has 92 valence electrons. The Bertz CT molecular complexity index is 676. The van der Waals surface area contributed by atoms with Gasteiger partial charge in [-0.2, -0.15) is 11.3 Å². The number of imidazole rings is 1. The van der Waals surface area contributed by atoms with Gasteiger partial charge < -0.3 is 0 Å². The smallest absolute Gasteiger partial charge is 0.164 e. The topological polar surface area (TPSA) is 30.7 Å². The highest BCUT2D eigenvalue weighted by molar-refractivity contribution is 7.08. The molecule has 3 aromatic rings. The lowest BCUT2D eigenvalue weighted by molar-refractivity contribution is 0.908. The zero-order valence-electron chi connectivity index (χ0n) is 9.31. The fourth-order valence-electron chi connectivity index (χ4n) is 1.90. The summed E-state index contributed by atoms with van der Waals surface area (Å²) in [5, 5.41) is 4.69. The van der Waals surface area contributed by atoms with E-state index in [4.69, 9.17) is 23.2 Å². The Morgan fingerprint density at radius 1 is 1.39 bits per heavy atom. The lowest BCUT2D eigenvalue weighted by Crippen LogP contribution is -2.01. The van der Waals surface area contributed by atoms with Crippen molar-refractivity contribution >= 4 is 45.7 Å². The molecule has 0 unspecified atom stereocenters. The molecule has 0 aliphatic heterocycles. The van der Waals surface area contributed by atoms with E-state index in [1.807, 2.05) is 22.1 Å². The maximum Gasteiger partial charge on any atom is 0.164 e. The van der Waals surface area contributed by atoms with Crippen molar-refractivity contribution in [2.45, 2.75) is 6.42 Å². The predicted octanol–water partition coefficient (Wildman–Crippen LogP) is 3.92. The molecule has 0 amide bonds. The van der Waals surface area contributed by atoms with Crippen molar-refractivity contribution in [2.24, 2.45) is 0 Å². The van der Waals surface area contributed by atoms with Crippen LogP contribution in [0.15, 0.2) is 29.1 Å². The van der Waals surface area contributed by atoms with Crippen LogP contribution in [0.4, 0.5) is 0 Å². The Morgan fingerprint density at radius 2 is 2.28 bits per heavy atom. The molecule has 0 bridgehead atoms. The van der Waals surface area contributed by atoms with Crippen LogP contribution in [0.25, 0.3) is 16.9 Å². The maximum absolute atomic E-state index is 5.95. The van der Waals surface area contributed by atoms with E-state index < -0.39 is 0 Å². The van der Waals surface area contributed by atoms with Gasteiger partial charge in [0.1, 0.15) is 11.3 Å². The number of aromatic nitrogens is 3. The van der Waals surface area contributed by atoms with Gasteiger partial charge in [-0.25, -0.2) is 9.97 Å². The van der Waals surface area contributed by atoms with Gasteiger partial charge >= 0.3 is 0 Å². The molecular weight excluding hydrogens is 289 g/mol. The lowest BCUT2D eigenvalue weighted by atomic mass is 10.4. The van der Waals surface area contributed by atoms with E-state index in [1.54, 1.807) is 17.5 Å². The average molecular weight is 298 g/mol. The van der Waals surface area contributed by atoms with Crippen molar-refractivity contribution in [3.8, 4) is 5.69 Å². The molecule has 0 fully saturated rings. The highest BCUT2D eigenvalue weighted by Crippen LogP contribution is 2.24. The summed E-state index contributed by atoms with van der Waals surface area (Å²) in [6.07, 6.45) is 2.34. The first-order valence-electron chi connectivity index (χ1n) is 5.41. The molecule has 3 nitrogen and oxygen atoms in total. The molecule has 0 saturated carbocycles. The second-order valence-electron chi connectivity index (χ2n) is 3.78. The van der Waals surface area contributed by atoms with Crippen molar-refractivity contribution in [3.05, 3.63) is 39.9 Å². The maximum atomic E-state index is 5.95. The third-order valence-electron chi connectivity index (χ3n) is 2.62. The van der Waals surface area contributed by atoms with Crippen LogP contribution in [0.5, 0.6) is 0 Å². The fourth-order valence-corrected chi connectivity index (χ4v) is 2.84. The number of hydrogen-bond donors (Lipinski definition) is 0. The number of nitrogens with zero attached hydrogens (tertiary/aromatic N) is 3. The van der Waals surface area contributed by atoms with Crippen LogP contribution >= 0.6 is 34.5 Å². The minimum atomic E-state index is 0.529. The van der Waals surface area contributed by atoms with Crippen molar-refractivity contribution in [3.63, 3.8) is 0 Å². The Kier molecular flexibility index (Phi) is 3.24. The molecule has 3 rings (SSSR count). The van der Waals surface area contributed by atoms with E-state index in [0.29, 0.717) is 17.3 Å². The Labute approximate surface area is 118 Å². The van der Waals surface area contributed by atoms with Crippen LogP contribution in [0.2, 0.25) is 5.02 Å². The molecule has 6 heteroatoms. The SMILES string of the molecule is ClCCc1nc2cc(Cl)cnc2n1-c1ccsc1. The average Bonchev–Trinajstić information content (AvgIpc) is 2.95. The molecule has 0 radical (unpaired) electrons. The molecule has 0 spiro atoms. The molecule has 0 aromatic carbocycles. The predicted molar refractivity (Wildman–Crippen MR) is 76.2 cm³/mol. The van der Waals surface area contributed by atoms with Crippen LogP contribution < -0.4 is 0 Å². The third-order valence-corrected chi connectivity index (χ3v) is 3.68. The van der Waals surface area contributed by atoms with E-state index in [9.17, 15) is 0 Å². The monoisotopic (exact) mass is 297 g/mol. The molecule has 3 aromatic heterocycles. The Hall–Kier alpha value is -1.10. The van der Waals surface area contributed by atoms with Crippen LogP contribution in [-0.4, -0.2) is 20.4 Å². The van der Waals surface area contributed by atoms with Gasteiger partial charge in [0.05, 0.1) is 10.7 Å². The highest BCUT2D eigenvalue weighted by atomic mass is 35.5. The number of alkyl halides is 1. The van der Waals surface area contributed by atoms with Gasteiger partial charge in [0.2, 0.25) is 0 Å². The zero-order chi connectivity index (χ0) is 12.5. The number of aryl methyl sites for hydroxylation is 1. The summed E-state index contributed by atoms with van der Waals surface area (Å²) in [6.45, 7) is 0. The van der Waals surface area contributed by atoms with Crippen molar-refractivity contribution < 1.29 is 0 Å². The fraction of sp³-hybridized carbons (Fsp3) is 0.167. The zero-order valence-corrected chi connectivity index (χ0v) is 11.6. The van der Waals surface area contributed by atoms with E-state index in [0.717, 1.165) is 22.7 Å². The van der Waals surface area contributed by atoms with Gasteiger partial charge in [-0.05, 0) is 17.5 Å². The number of halogens is 2. The van der Waals surface area contributed by atoms with E-state index in [1.165, 1.54) is 0 Å². The van der Waals surface area contributed by atoms with Gasteiger partial charge in [-0.1, -0.05) is 11.6 Å². The molecule has 0 atom stereocenters. The second kappa shape index (κ2) is 4.88. The molecule has 0 N–H and O–H groups in total. The molecule has 18 heavy (non-hydrogen) atoms. The molecule has 0 saturated heterocycles. The van der Waals surface area contributed by atoms with Crippen LogP contribution in [0, 0.1) is 0 Å². The van der Waals surface area contributed by atoms with Crippen LogP contribution in [0.3, 0.4) is 0 Å². The van der Waals surface area contributed by atoms with E-state index in [-0.39, 0.29) is 0 Å². The number of fused-ring (bicyclic) bond motifs is 1. The summed E-state index contributed by atoms with van der Waals surface area (Å²) in [4.78, 5) is 8.93. The molecular formula is C12H9Cl2N3S. The molecule has 0 aliphatic rings. The first-order chi connectivity index (χ1) is 8.79. The van der Waals surface area contributed by atoms with Gasteiger partial charge in [0.25, 0.3) is 0 Å². The summed E-state index contributed by atoms with van der Waals surface area (Å²) >= 11 is 13.4. The Balaban J connectivity index is 2.28. The summed E-state index contributed by atoms with van der Waals surface area (Å²) < 4.78 is 2.03. The summed E-state index contributed by atoms with van der Waals surface area (Å²) in [7, 11) is 0. The summed E-state index contributed by atoms with van der Waals surface area (Å²) in [5.74, 6) is 1.44. The van der Waals surface area contributed by atoms with Gasteiger partial charge in [0, 0.05) is 23.9 Å². The minimum absolute atomic E-state index is 0.529. The van der Waals surface area contributed by atoms with Crippen molar-refractivity contribution in [1.82, 2.24) is 14.5 Å². The summed E-state index contributed by atoms with van der Waals surface area (Å²) in [6, 6.07) is 3.87. The van der Waals surface area contributed by atoms with E-state index in [2.05, 4.69) is 15.3 Å². The van der Waals surface area contributed by atoms with E-state index >= 15 is 0 Å². The largest absolute Gasteiger partial charge is 0.280 e. The van der Waals surface area contributed by atoms with Crippen molar-refractivity contribution in [2.75, 3.05) is 5.88 Å². The molecule has 0 aliphatic carbocycles. The number of hydrogen-bond acceptors (Lipinski definition) is 3. The van der Waals surface area contributed by atoms with Crippen molar-refractivity contribution in [1.29, 1.82) is 0 Å². The first-order valence-corrected chi connectivity index (χ1v) is 7.26. The van der Waals surface area contributed by atoms with Crippen LogP contribution in [-0.2, 0) is 6.42 Å². The number of rotatable bonds is 3. The second-order valence-corrected chi connectivity index (χ2v) is 5.37. The Morgan fingerprint density at radius 3 is 3.00 bits per heavy atom. The van der Waals surface area contributed by atoms with Crippen LogP contribution in [0.1, 0.15) is 5.82 Å². The first kappa shape index (κ1) is 12.0. The summed E-state index contributed by atoms with van der Waals surface area (Å²) in [5.41, 5.74) is 2.68. The highest BCUT2D eigenvalue weighted by Gasteiger charge is 2.13. The standard InChI is InChI=1S/C12H9Cl2N3S/c13-3-1-11-16-10-5-8(14)6-15-12(10)17(11)9-2-4-18-7-9/h2,4-7H,1,3H2. The minimum Gasteiger partial charge on any atom is -0.280 e. The lowest BCUT2D eigenvalue weighted by Gasteiger charge is -2.04. The van der Waals surface area contributed by atoms with Gasteiger partial charge in [-0.3, -0.25) is 4.57 Å². The third kappa shape index (κ3) is 2.00. The number of pyridine rings is 1. The van der Waals surface area contributed by atoms with Gasteiger partial charge in [0.15, 0.2) is 5.65 Å². The molecule has 3 heterocycles.